The molecular formula is C20H16N4O4S. The van der Waals surface area contributed by atoms with E-state index in [0.29, 0.717) is 16.8 Å². The number of primary amides is 1. The fourth-order valence-electron chi connectivity index (χ4n) is 3.33. The number of hydrogen-bond acceptors (Lipinski definition) is 6. The highest BCUT2D eigenvalue weighted by atomic mass is 32.1. The minimum atomic E-state index is -0.567. The summed E-state index contributed by atoms with van der Waals surface area (Å²) in [7, 11) is 0. The number of benzene rings is 2. The number of para-hydroxylation sites is 1. The summed E-state index contributed by atoms with van der Waals surface area (Å²) in [5.41, 5.74) is 7.26. The van der Waals surface area contributed by atoms with Crippen molar-refractivity contribution in [3.63, 3.8) is 0 Å². The lowest BCUT2D eigenvalue weighted by Crippen LogP contribution is -2.49. The largest absolute Gasteiger partial charge is 0.368 e. The van der Waals surface area contributed by atoms with E-state index in [9.17, 15) is 19.7 Å². The van der Waals surface area contributed by atoms with Gasteiger partial charge in [0.1, 0.15) is 6.17 Å². The normalized spacial score (nSPS) is 15.5. The monoisotopic (exact) mass is 408 g/mol. The number of amides is 2. The molecule has 0 spiro atoms. The molecule has 2 amide bonds. The van der Waals surface area contributed by atoms with E-state index in [1.165, 1.54) is 23.5 Å². The van der Waals surface area contributed by atoms with Crippen LogP contribution in [0.2, 0.25) is 0 Å². The summed E-state index contributed by atoms with van der Waals surface area (Å²) in [5, 5.41) is 14.0. The Kier molecular flexibility index (Phi) is 4.73. The van der Waals surface area contributed by atoms with Crippen molar-refractivity contribution in [1.29, 1.82) is 0 Å². The van der Waals surface area contributed by atoms with Crippen molar-refractivity contribution in [3.05, 3.63) is 81.2 Å². The number of non-ortho nitro benzene ring substituents is 1. The van der Waals surface area contributed by atoms with E-state index in [0.717, 1.165) is 9.75 Å². The van der Waals surface area contributed by atoms with E-state index in [1.54, 1.807) is 41.3 Å². The predicted octanol–water partition coefficient (Wildman–Crippen LogP) is 3.06. The molecule has 3 aromatic rings. The molecule has 0 saturated heterocycles. The predicted molar refractivity (Wildman–Crippen MR) is 110 cm³/mol. The maximum Gasteiger partial charge on any atom is 0.270 e. The van der Waals surface area contributed by atoms with Gasteiger partial charge >= 0.3 is 0 Å². The Bertz CT molecular complexity index is 1130. The SMILES string of the molecule is NC(=O)CN1c2ccccc2C(=O)N[C@@H]1c1ccc(-c2cccc([N+](=O)[O-])c2)s1. The topological polar surface area (TPSA) is 119 Å². The first-order chi connectivity index (χ1) is 13.9. The van der Waals surface area contributed by atoms with Crippen molar-refractivity contribution in [3.8, 4) is 10.4 Å². The molecule has 1 atom stereocenters. The zero-order valence-electron chi connectivity index (χ0n) is 15.1. The van der Waals surface area contributed by atoms with Crippen LogP contribution in [0.4, 0.5) is 11.4 Å². The molecule has 8 nitrogen and oxygen atoms in total. The van der Waals surface area contributed by atoms with Gasteiger partial charge in [0.05, 0.1) is 22.7 Å². The molecule has 1 aromatic heterocycles. The Morgan fingerprint density at radius 2 is 1.97 bits per heavy atom. The van der Waals surface area contributed by atoms with Crippen molar-refractivity contribution >= 4 is 34.5 Å². The molecule has 0 bridgehead atoms. The van der Waals surface area contributed by atoms with Crippen LogP contribution in [-0.2, 0) is 4.79 Å². The highest BCUT2D eigenvalue weighted by Gasteiger charge is 2.33. The van der Waals surface area contributed by atoms with Crippen LogP contribution >= 0.6 is 11.3 Å². The van der Waals surface area contributed by atoms with Crippen molar-refractivity contribution in [2.24, 2.45) is 5.73 Å². The van der Waals surface area contributed by atoms with Crippen LogP contribution < -0.4 is 16.0 Å². The third kappa shape index (κ3) is 3.55. The average molecular weight is 408 g/mol. The number of nitrogens with one attached hydrogen (secondary N) is 1. The van der Waals surface area contributed by atoms with E-state index in [-0.39, 0.29) is 18.1 Å². The second-order valence-electron chi connectivity index (χ2n) is 6.50. The van der Waals surface area contributed by atoms with Gasteiger partial charge < -0.3 is 16.0 Å². The number of nitrogens with two attached hydrogens (primary N) is 1. The van der Waals surface area contributed by atoms with E-state index in [4.69, 9.17) is 5.73 Å². The van der Waals surface area contributed by atoms with Crippen molar-refractivity contribution in [2.45, 2.75) is 6.17 Å². The van der Waals surface area contributed by atoms with Crippen LogP contribution in [0, 0.1) is 10.1 Å². The molecule has 1 aliphatic rings. The van der Waals surface area contributed by atoms with Gasteiger partial charge in [0, 0.05) is 21.9 Å². The number of rotatable bonds is 5. The van der Waals surface area contributed by atoms with Crippen molar-refractivity contribution < 1.29 is 14.5 Å². The molecule has 0 radical (unpaired) electrons. The summed E-state index contributed by atoms with van der Waals surface area (Å²) < 4.78 is 0. The number of hydrogen-bond donors (Lipinski definition) is 2. The molecule has 1 aliphatic heterocycles. The Morgan fingerprint density at radius 1 is 1.17 bits per heavy atom. The molecule has 0 saturated carbocycles. The first-order valence-electron chi connectivity index (χ1n) is 8.73. The summed E-state index contributed by atoms with van der Waals surface area (Å²) in [6.07, 6.45) is -0.567. The maximum atomic E-state index is 12.6. The van der Waals surface area contributed by atoms with E-state index >= 15 is 0 Å². The second kappa shape index (κ2) is 7.36. The fourth-order valence-corrected chi connectivity index (χ4v) is 4.40. The highest BCUT2D eigenvalue weighted by molar-refractivity contribution is 7.15. The second-order valence-corrected chi connectivity index (χ2v) is 7.61. The smallest absolute Gasteiger partial charge is 0.270 e. The van der Waals surface area contributed by atoms with Gasteiger partial charge in [0.25, 0.3) is 11.6 Å². The molecule has 146 valence electrons. The van der Waals surface area contributed by atoms with E-state index in [1.807, 2.05) is 12.1 Å². The van der Waals surface area contributed by atoms with Crippen LogP contribution in [0.15, 0.2) is 60.7 Å². The molecule has 29 heavy (non-hydrogen) atoms. The number of nitrogens with zero attached hydrogens (tertiary/aromatic N) is 2. The average Bonchev–Trinajstić information content (AvgIpc) is 3.20. The zero-order valence-corrected chi connectivity index (χ0v) is 15.9. The first-order valence-corrected chi connectivity index (χ1v) is 9.55. The van der Waals surface area contributed by atoms with Crippen molar-refractivity contribution in [1.82, 2.24) is 5.32 Å². The number of carbonyl (C=O) groups is 2. The lowest BCUT2D eigenvalue weighted by molar-refractivity contribution is -0.384. The van der Waals surface area contributed by atoms with Crippen LogP contribution in [0.1, 0.15) is 21.4 Å². The summed E-state index contributed by atoms with van der Waals surface area (Å²) in [5.74, 6) is -0.756. The molecule has 2 aromatic carbocycles. The summed E-state index contributed by atoms with van der Waals surface area (Å²) in [6.45, 7) is -0.0635. The Hall–Kier alpha value is -3.72. The van der Waals surface area contributed by atoms with Gasteiger partial charge in [-0.15, -0.1) is 11.3 Å². The number of anilines is 1. The van der Waals surface area contributed by atoms with Gasteiger partial charge in [-0.25, -0.2) is 0 Å². The Balaban J connectivity index is 1.72. The number of carbonyl (C=O) groups excluding carboxylic acids is 2. The minimum absolute atomic E-state index is 0.00713. The van der Waals surface area contributed by atoms with Gasteiger partial charge in [-0.2, -0.15) is 0 Å². The molecule has 4 rings (SSSR count). The molecular weight excluding hydrogens is 392 g/mol. The van der Waals surface area contributed by atoms with E-state index < -0.39 is 17.0 Å². The van der Waals surface area contributed by atoms with E-state index in [2.05, 4.69) is 5.32 Å². The van der Waals surface area contributed by atoms with Gasteiger partial charge in [-0.3, -0.25) is 19.7 Å². The number of nitro benzene ring substituents is 1. The van der Waals surface area contributed by atoms with Crippen LogP contribution in [0.3, 0.4) is 0 Å². The highest BCUT2D eigenvalue weighted by Crippen LogP contribution is 2.38. The fraction of sp³-hybridized carbons (Fsp3) is 0.100. The lowest BCUT2D eigenvalue weighted by atomic mass is 10.1. The van der Waals surface area contributed by atoms with Crippen LogP contribution in [0.25, 0.3) is 10.4 Å². The Labute approximate surface area is 169 Å². The molecule has 0 fully saturated rings. The van der Waals surface area contributed by atoms with Gasteiger partial charge in [0.15, 0.2) is 0 Å². The third-order valence-corrected chi connectivity index (χ3v) is 5.79. The molecule has 0 unspecified atom stereocenters. The molecule has 3 N–H and O–H groups in total. The maximum absolute atomic E-state index is 12.6. The molecule has 0 aliphatic carbocycles. The van der Waals surface area contributed by atoms with Gasteiger partial charge in [0.2, 0.25) is 5.91 Å². The molecule has 9 heteroatoms. The minimum Gasteiger partial charge on any atom is -0.368 e. The van der Waals surface area contributed by atoms with Crippen LogP contribution in [-0.4, -0.2) is 23.3 Å². The number of nitro groups is 1. The first kappa shape index (κ1) is 18.6. The quantitative estimate of drug-likeness (QED) is 0.497. The third-order valence-electron chi connectivity index (χ3n) is 4.60. The summed E-state index contributed by atoms with van der Waals surface area (Å²) in [4.78, 5) is 38.2. The number of thiophene rings is 1. The van der Waals surface area contributed by atoms with Gasteiger partial charge in [-0.05, 0) is 29.8 Å². The lowest BCUT2D eigenvalue weighted by Gasteiger charge is -2.37. The summed E-state index contributed by atoms with van der Waals surface area (Å²) in [6, 6.07) is 17.1. The van der Waals surface area contributed by atoms with Crippen molar-refractivity contribution in [2.75, 3.05) is 11.4 Å². The Morgan fingerprint density at radius 3 is 2.72 bits per heavy atom. The van der Waals surface area contributed by atoms with Crippen LogP contribution in [0.5, 0.6) is 0 Å². The standard InChI is InChI=1S/C20H16N4O4S/c21-18(25)11-23-15-7-2-1-6-14(15)20(26)22-19(23)17-9-8-16(29-17)12-4-3-5-13(10-12)24(27)28/h1-10,19H,11H2,(H2,21,25)(H,22,26)/t19-/m0/s1. The van der Waals surface area contributed by atoms with Gasteiger partial charge in [-0.1, -0.05) is 24.3 Å². The zero-order chi connectivity index (χ0) is 20.5. The number of fused-ring (bicyclic) bond motifs is 1. The summed E-state index contributed by atoms with van der Waals surface area (Å²) >= 11 is 1.39. The molecule has 2 heterocycles.